The van der Waals surface area contributed by atoms with Crippen molar-refractivity contribution >= 4 is 0 Å². The Hall–Kier alpha value is -2.83. The molecule has 2 aromatic rings. The number of hydrogen-bond acceptors (Lipinski definition) is 5. The van der Waals surface area contributed by atoms with Crippen LogP contribution < -0.4 is 10.1 Å². The van der Waals surface area contributed by atoms with Crippen molar-refractivity contribution in [2.75, 3.05) is 26.2 Å². The summed E-state index contributed by atoms with van der Waals surface area (Å²) >= 11 is 0. The third-order valence-electron chi connectivity index (χ3n) is 4.46. The Morgan fingerprint density at radius 3 is 2.36 bits per heavy atom. The summed E-state index contributed by atoms with van der Waals surface area (Å²) < 4.78 is 55.2. The van der Waals surface area contributed by atoms with E-state index in [-0.39, 0.29) is 16.9 Å². The van der Waals surface area contributed by atoms with Crippen molar-refractivity contribution in [3.8, 4) is 17.6 Å². The Labute approximate surface area is 158 Å². The predicted octanol–water partition coefficient (Wildman–Crippen LogP) is 3.30. The molecule has 2 aromatic carbocycles. The summed E-state index contributed by atoms with van der Waals surface area (Å²) in [5.74, 6) is -1.89. The van der Waals surface area contributed by atoms with E-state index < -0.39 is 24.0 Å². The van der Waals surface area contributed by atoms with Gasteiger partial charge in [0.1, 0.15) is 5.75 Å². The second-order valence-corrected chi connectivity index (χ2v) is 6.31. The molecule has 0 bridgehead atoms. The van der Waals surface area contributed by atoms with Crippen LogP contribution in [0.5, 0.6) is 11.5 Å². The van der Waals surface area contributed by atoms with Crippen molar-refractivity contribution < 1.29 is 27.4 Å². The van der Waals surface area contributed by atoms with Crippen LogP contribution in [0, 0.1) is 17.1 Å². The molecule has 1 fully saturated rings. The first kappa shape index (κ1) is 19.9. The first-order valence-electron chi connectivity index (χ1n) is 8.51. The zero-order valence-electron chi connectivity index (χ0n) is 14.6. The normalized spacial score (nSPS) is 16.4. The second-order valence-electron chi connectivity index (χ2n) is 6.31. The van der Waals surface area contributed by atoms with Gasteiger partial charge in [-0.3, -0.25) is 4.90 Å². The molecule has 0 unspecified atom stereocenters. The minimum Gasteiger partial charge on any atom is -0.505 e. The van der Waals surface area contributed by atoms with Crippen LogP contribution in [0.2, 0.25) is 0 Å². The Morgan fingerprint density at radius 2 is 1.79 bits per heavy atom. The number of rotatable bonds is 4. The lowest BCUT2D eigenvalue weighted by molar-refractivity contribution is -0.274. The molecule has 0 aliphatic carbocycles. The number of alkyl halides is 3. The third-order valence-corrected chi connectivity index (χ3v) is 4.46. The van der Waals surface area contributed by atoms with Gasteiger partial charge in [0.05, 0.1) is 17.7 Å². The molecule has 5 nitrogen and oxygen atoms in total. The lowest BCUT2D eigenvalue weighted by atomic mass is 9.94. The van der Waals surface area contributed by atoms with Gasteiger partial charge in [0, 0.05) is 31.7 Å². The van der Waals surface area contributed by atoms with E-state index in [0.29, 0.717) is 31.7 Å². The van der Waals surface area contributed by atoms with E-state index in [9.17, 15) is 22.7 Å². The molecule has 148 valence electrons. The van der Waals surface area contributed by atoms with E-state index in [2.05, 4.69) is 10.1 Å². The molecule has 1 atom stereocenters. The van der Waals surface area contributed by atoms with Crippen LogP contribution >= 0.6 is 0 Å². The first-order valence-corrected chi connectivity index (χ1v) is 8.51. The number of aromatic hydroxyl groups is 1. The summed E-state index contributed by atoms with van der Waals surface area (Å²) in [7, 11) is 0. The molecule has 28 heavy (non-hydrogen) atoms. The number of nitrogens with zero attached hydrogens (tertiary/aromatic N) is 2. The van der Waals surface area contributed by atoms with Crippen LogP contribution in [0.1, 0.15) is 22.7 Å². The van der Waals surface area contributed by atoms with Gasteiger partial charge >= 0.3 is 6.36 Å². The quantitative estimate of drug-likeness (QED) is 0.778. The van der Waals surface area contributed by atoms with Crippen LogP contribution in [0.15, 0.2) is 36.4 Å². The van der Waals surface area contributed by atoms with Crippen molar-refractivity contribution in [2.45, 2.75) is 12.4 Å². The third kappa shape index (κ3) is 4.52. The summed E-state index contributed by atoms with van der Waals surface area (Å²) in [4.78, 5) is 1.96. The topological polar surface area (TPSA) is 68.5 Å². The largest absolute Gasteiger partial charge is 0.573 e. The van der Waals surface area contributed by atoms with Gasteiger partial charge in [-0.2, -0.15) is 5.26 Å². The molecule has 2 N–H and O–H groups in total. The van der Waals surface area contributed by atoms with Crippen LogP contribution in [-0.2, 0) is 0 Å². The SMILES string of the molecule is N#Cc1cc(F)c(O)c([C@@H](c2ccc(OC(F)(F)F)cc2)N2CCNCC2)c1. The summed E-state index contributed by atoms with van der Waals surface area (Å²) in [5.41, 5.74) is 0.770. The van der Waals surface area contributed by atoms with Crippen molar-refractivity contribution in [1.82, 2.24) is 10.2 Å². The number of ether oxygens (including phenoxy) is 1. The molecule has 0 radical (unpaired) electrons. The molecule has 1 aliphatic heterocycles. The number of benzene rings is 2. The molecule has 1 aliphatic rings. The highest BCUT2D eigenvalue weighted by Crippen LogP contribution is 2.37. The number of halogens is 4. The monoisotopic (exact) mass is 395 g/mol. The molecular formula is C19H17F4N3O2. The molecule has 1 heterocycles. The Bertz CT molecular complexity index is 872. The maximum atomic E-state index is 14.1. The summed E-state index contributed by atoms with van der Waals surface area (Å²) in [6.45, 7) is 2.46. The Morgan fingerprint density at radius 1 is 1.14 bits per heavy atom. The standard InChI is InChI=1S/C19H17F4N3O2/c20-16-10-12(11-24)9-15(18(16)27)17(26-7-5-25-6-8-26)13-1-3-14(4-2-13)28-19(21,22)23/h1-4,9-10,17,25,27H,5-8H2/t17-/m1/s1. The van der Waals surface area contributed by atoms with E-state index >= 15 is 0 Å². The zero-order chi connectivity index (χ0) is 20.3. The van der Waals surface area contributed by atoms with Crippen LogP contribution in [-0.4, -0.2) is 42.5 Å². The van der Waals surface area contributed by atoms with E-state index in [1.807, 2.05) is 11.0 Å². The maximum absolute atomic E-state index is 14.1. The van der Waals surface area contributed by atoms with E-state index in [1.165, 1.54) is 30.3 Å². The van der Waals surface area contributed by atoms with Gasteiger partial charge in [-0.25, -0.2) is 4.39 Å². The van der Waals surface area contributed by atoms with Crippen LogP contribution in [0.4, 0.5) is 17.6 Å². The van der Waals surface area contributed by atoms with Gasteiger partial charge in [0.25, 0.3) is 0 Å². The molecule has 1 saturated heterocycles. The minimum absolute atomic E-state index is 0.0439. The number of phenols is 1. The lowest BCUT2D eigenvalue weighted by Gasteiger charge is -2.36. The smallest absolute Gasteiger partial charge is 0.505 e. The van der Waals surface area contributed by atoms with Crippen molar-refractivity contribution in [1.29, 1.82) is 5.26 Å². The van der Waals surface area contributed by atoms with E-state index in [1.54, 1.807) is 0 Å². The fourth-order valence-corrected chi connectivity index (χ4v) is 3.27. The number of piperazine rings is 1. The van der Waals surface area contributed by atoms with Gasteiger partial charge in [-0.05, 0) is 29.8 Å². The fraction of sp³-hybridized carbons (Fsp3) is 0.316. The van der Waals surface area contributed by atoms with Crippen molar-refractivity contribution in [3.63, 3.8) is 0 Å². The molecule has 0 amide bonds. The Kier molecular flexibility index (Phi) is 5.72. The van der Waals surface area contributed by atoms with Gasteiger partial charge in [-0.15, -0.1) is 13.2 Å². The molecular weight excluding hydrogens is 378 g/mol. The molecule has 0 saturated carbocycles. The Balaban J connectivity index is 2.04. The van der Waals surface area contributed by atoms with Gasteiger partial charge in [-0.1, -0.05) is 12.1 Å². The minimum atomic E-state index is -4.80. The fourth-order valence-electron chi connectivity index (χ4n) is 3.27. The van der Waals surface area contributed by atoms with Crippen molar-refractivity contribution in [2.24, 2.45) is 0 Å². The molecule has 0 aromatic heterocycles. The van der Waals surface area contributed by atoms with Crippen LogP contribution in [0.3, 0.4) is 0 Å². The van der Waals surface area contributed by atoms with Crippen molar-refractivity contribution in [3.05, 3.63) is 58.9 Å². The maximum Gasteiger partial charge on any atom is 0.573 e. The number of phenolic OH excluding ortho intramolecular Hbond substituents is 1. The number of nitrogens with one attached hydrogen (secondary N) is 1. The first-order chi connectivity index (χ1) is 13.3. The highest BCUT2D eigenvalue weighted by molar-refractivity contribution is 5.48. The molecule has 3 rings (SSSR count). The number of hydrogen-bond donors (Lipinski definition) is 2. The zero-order valence-corrected chi connectivity index (χ0v) is 14.6. The highest BCUT2D eigenvalue weighted by Gasteiger charge is 2.32. The average Bonchev–Trinajstić information content (AvgIpc) is 2.66. The second kappa shape index (κ2) is 8.04. The van der Waals surface area contributed by atoms with E-state index in [4.69, 9.17) is 5.26 Å². The van der Waals surface area contributed by atoms with Gasteiger partial charge in [0.2, 0.25) is 0 Å². The van der Waals surface area contributed by atoms with E-state index in [0.717, 1.165) is 6.07 Å². The summed E-state index contributed by atoms with van der Waals surface area (Å²) in [6.07, 6.45) is -4.80. The van der Waals surface area contributed by atoms with Crippen LogP contribution in [0.25, 0.3) is 0 Å². The summed E-state index contributed by atoms with van der Waals surface area (Å²) in [5, 5.41) is 22.6. The predicted molar refractivity (Wildman–Crippen MR) is 92.2 cm³/mol. The van der Waals surface area contributed by atoms with Gasteiger partial charge < -0.3 is 15.2 Å². The number of nitriles is 1. The molecule has 9 heteroatoms. The average molecular weight is 395 g/mol. The lowest BCUT2D eigenvalue weighted by Crippen LogP contribution is -2.45. The molecule has 0 spiro atoms. The summed E-state index contributed by atoms with van der Waals surface area (Å²) in [6, 6.07) is 8.75. The van der Waals surface area contributed by atoms with Gasteiger partial charge in [0.15, 0.2) is 11.6 Å². The highest BCUT2D eigenvalue weighted by atomic mass is 19.4.